The number of fused-ring (bicyclic) bond motifs is 1. The van der Waals surface area contributed by atoms with Crippen LogP contribution >= 0.6 is 11.3 Å². The third-order valence-corrected chi connectivity index (χ3v) is 4.41. The van der Waals surface area contributed by atoms with Gasteiger partial charge in [0.15, 0.2) is 0 Å². The molecule has 0 aliphatic carbocycles. The Morgan fingerprint density at radius 1 is 1.40 bits per heavy atom. The number of thiophene rings is 1. The summed E-state index contributed by atoms with van der Waals surface area (Å²) in [6.45, 7) is 1.95. The van der Waals surface area contributed by atoms with E-state index >= 15 is 0 Å². The smallest absolute Gasteiger partial charge is 0.223 e. The number of nitrogens with one attached hydrogen (secondary N) is 1. The predicted molar refractivity (Wildman–Crippen MR) is 77.4 cm³/mol. The van der Waals surface area contributed by atoms with Crippen LogP contribution in [0.3, 0.4) is 0 Å². The second kappa shape index (κ2) is 7.40. The number of hydrogen-bond acceptors (Lipinski definition) is 4. The lowest BCUT2D eigenvalue weighted by Gasteiger charge is -2.27. The summed E-state index contributed by atoms with van der Waals surface area (Å²) in [6, 6.07) is 2.07. The van der Waals surface area contributed by atoms with Crippen LogP contribution in [0.4, 0.5) is 0 Å². The van der Waals surface area contributed by atoms with E-state index < -0.39 is 0 Å². The quantitative estimate of drug-likeness (QED) is 0.767. The van der Waals surface area contributed by atoms with Crippen LogP contribution in [0.5, 0.6) is 0 Å². The summed E-state index contributed by atoms with van der Waals surface area (Å²) in [4.78, 5) is 26.8. The van der Waals surface area contributed by atoms with Crippen molar-refractivity contribution in [2.75, 3.05) is 19.7 Å². The van der Waals surface area contributed by atoms with Crippen LogP contribution in [-0.2, 0) is 22.6 Å². The molecule has 6 heteroatoms. The summed E-state index contributed by atoms with van der Waals surface area (Å²) >= 11 is 1.75. The highest BCUT2D eigenvalue weighted by Gasteiger charge is 2.21. The van der Waals surface area contributed by atoms with Crippen LogP contribution < -0.4 is 5.32 Å². The topological polar surface area (TPSA) is 69.6 Å². The average Bonchev–Trinajstić information content (AvgIpc) is 2.92. The van der Waals surface area contributed by atoms with Gasteiger partial charge in [-0.25, -0.2) is 0 Å². The van der Waals surface area contributed by atoms with Crippen molar-refractivity contribution in [3.8, 4) is 0 Å². The standard InChI is InChI=1S/C14H20N2O3S/c17-8-1-6-15-13(18)2-3-14(19)16-7-4-12-11(10-16)5-9-20-12/h5,9,17H,1-4,6-8,10H2,(H,15,18). The van der Waals surface area contributed by atoms with Crippen molar-refractivity contribution >= 4 is 23.2 Å². The molecule has 0 spiro atoms. The van der Waals surface area contributed by atoms with Crippen LogP contribution in [-0.4, -0.2) is 41.5 Å². The molecular weight excluding hydrogens is 276 g/mol. The van der Waals surface area contributed by atoms with Gasteiger partial charge in [-0.3, -0.25) is 9.59 Å². The fourth-order valence-electron chi connectivity index (χ4n) is 2.24. The predicted octanol–water partition coefficient (Wildman–Crippen LogP) is 0.912. The molecule has 0 radical (unpaired) electrons. The van der Waals surface area contributed by atoms with Gasteiger partial charge >= 0.3 is 0 Å². The molecule has 1 aliphatic rings. The molecular formula is C14H20N2O3S. The molecule has 0 fully saturated rings. The van der Waals surface area contributed by atoms with E-state index in [9.17, 15) is 9.59 Å². The highest BCUT2D eigenvalue weighted by atomic mass is 32.1. The minimum atomic E-state index is -0.125. The van der Waals surface area contributed by atoms with Crippen molar-refractivity contribution < 1.29 is 14.7 Å². The van der Waals surface area contributed by atoms with Gasteiger partial charge in [-0.2, -0.15) is 0 Å². The minimum absolute atomic E-state index is 0.0409. The van der Waals surface area contributed by atoms with Gasteiger partial charge < -0.3 is 15.3 Å². The monoisotopic (exact) mass is 296 g/mol. The Morgan fingerprint density at radius 3 is 3.05 bits per heavy atom. The van der Waals surface area contributed by atoms with Crippen LogP contribution in [0.1, 0.15) is 29.7 Å². The van der Waals surface area contributed by atoms with E-state index in [1.807, 2.05) is 4.90 Å². The largest absolute Gasteiger partial charge is 0.396 e. The molecule has 0 bridgehead atoms. The number of carbonyl (C=O) groups excluding carboxylic acids is 2. The number of hydrogen-bond donors (Lipinski definition) is 2. The van der Waals surface area contributed by atoms with Crippen LogP contribution in [0, 0.1) is 0 Å². The SMILES string of the molecule is O=C(CCC(=O)N1CCc2sccc2C1)NCCCO. The lowest BCUT2D eigenvalue weighted by atomic mass is 10.1. The van der Waals surface area contributed by atoms with E-state index in [4.69, 9.17) is 5.11 Å². The second-order valence-electron chi connectivity index (χ2n) is 4.86. The van der Waals surface area contributed by atoms with Gasteiger partial charge in [-0.05, 0) is 29.9 Å². The second-order valence-corrected chi connectivity index (χ2v) is 5.86. The zero-order valence-electron chi connectivity index (χ0n) is 11.4. The molecule has 0 unspecified atom stereocenters. The number of carbonyl (C=O) groups is 2. The fourth-order valence-corrected chi connectivity index (χ4v) is 3.12. The molecule has 0 saturated heterocycles. The Labute approximate surface area is 122 Å². The molecule has 1 aromatic rings. The van der Waals surface area contributed by atoms with Gasteiger partial charge in [0.2, 0.25) is 11.8 Å². The first-order valence-electron chi connectivity index (χ1n) is 6.91. The van der Waals surface area contributed by atoms with E-state index in [1.165, 1.54) is 10.4 Å². The van der Waals surface area contributed by atoms with Crippen molar-refractivity contribution in [3.63, 3.8) is 0 Å². The zero-order chi connectivity index (χ0) is 14.4. The van der Waals surface area contributed by atoms with E-state index in [0.29, 0.717) is 19.5 Å². The Balaban J connectivity index is 1.72. The van der Waals surface area contributed by atoms with Gasteiger partial charge in [-0.1, -0.05) is 0 Å². The molecule has 1 aliphatic heterocycles. The molecule has 110 valence electrons. The summed E-state index contributed by atoms with van der Waals surface area (Å²) in [6.07, 6.45) is 1.94. The molecule has 0 saturated carbocycles. The molecule has 0 atom stereocenters. The number of aliphatic hydroxyl groups excluding tert-OH is 1. The molecule has 0 aromatic carbocycles. The first-order valence-corrected chi connectivity index (χ1v) is 7.79. The number of amides is 2. The first-order chi connectivity index (χ1) is 9.70. The Hall–Kier alpha value is -1.40. The maximum absolute atomic E-state index is 12.1. The van der Waals surface area contributed by atoms with Gasteiger partial charge in [0.25, 0.3) is 0 Å². The lowest BCUT2D eigenvalue weighted by Crippen LogP contribution is -2.36. The van der Waals surface area contributed by atoms with Crippen molar-refractivity contribution in [2.45, 2.75) is 32.2 Å². The molecule has 2 rings (SSSR count). The number of aliphatic hydroxyl groups is 1. The van der Waals surface area contributed by atoms with Crippen LogP contribution in [0.2, 0.25) is 0 Å². The normalized spacial score (nSPS) is 13.9. The maximum atomic E-state index is 12.1. The zero-order valence-corrected chi connectivity index (χ0v) is 12.2. The van der Waals surface area contributed by atoms with Crippen molar-refractivity contribution in [3.05, 3.63) is 21.9 Å². The van der Waals surface area contributed by atoms with Gasteiger partial charge in [-0.15, -0.1) is 11.3 Å². The number of rotatable bonds is 6. The first kappa shape index (κ1) is 15.0. The maximum Gasteiger partial charge on any atom is 0.223 e. The molecule has 2 amide bonds. The minimum Gasteiger partial charge on any atom is -0.396 e. The Bertz CT molecular complexity index is 473. The molecule has 2 N–H and O–H groups in total. The number of nitrogens with zero attached hydrogens (tertiary/aromatic N) is 1. The third kappa shape index (κ3) is 4.05. The Kier molecular flexibility index (Phi) is 5.55. The van der Waals surface area contributed by atoms with Crippen molar-refractivity contribution in [2.24, 2.45) is 0 Å². The van der Waals surface area contributed by atoms with Gasteiger partial charge in [0.1, 0.15) is 0 Å². The highest BCUT2D eigenvalue weighted by molar-refractivity contribution is 7.10. The highest BCUT2D eigenvalue weighted by Crippen LogP contribution is 2.24. The van der Waals surface area contributed by atoms with Crippen molar-refractivity contribution in [1.29, 1.82) is 0 Å². The van der Waals surface area contributed by atoms with E-state index in [2.05, 4.69) is 16.8 Å². The summed E-state index contributed by atoms with van der Waals surface area (Å²) in [5.41, 5.74) is 1.24. The average molecular weight is 296 g/mol. The summed E-state index contributed by atoms with van der Waals surface area (Å²) in [5.74, 6) is -0.0841. The van der Waals surface area contributed by atoms with E-state index in [-0.39, 0.29) is 31.3 Å². The van der Waals surface area contributed by atoms with Crippen LogP contribution in [0.15, 0.2) is 11.4 Å². The fraction of sp³-hybridized carbons (Fsp3) is 0.571. The van der Waals surface area contributed by atoms with Crippen molar-refractivity contribution in [1.82, 2.24) is 10.2 Å². The molecule has 1 aromatic heterocycles. The van der Waals surface area contributed by atoms with Gasteiger partial charge in [0, 0.05) is 44.0 Å². The van der Waals surface area contributed by atoms with E-state index in [1.54, 1.807) is 11.3 Å². The Morgan fingerprint density at radius 2 is 2.25 bits per heavy atom. The van der Waals surface area contributed by atoms with Gasteiger partial charge in [0.05, 0.1) is 0 Å². The molecule has 5 nitrogen and oxygen atoms in total. The molecule has 20 heavy (non-hydrogen) atoms. The summed E-state index contributed by atoms with van der Waals surface area (Å²) < 4.78 is 0. The third-order valence-electron chi connectivity index (χ3n) is 3.38. The van der Waals surface area contributed by atoms with E-state index in [0.717, 1.165) is 13.0 Å². The summed E-state index contributed by atoms with van der Waals surface area (Å²) in [5, 5.41) is 13.4. The van der Waals surface area contributed by atoms with Crippen LogP contribution in [0.25, 0.3) is 0 Å². The summed E-state index contributed by atoms with van der Waals surface area (Å²) in [7, 11) is 0. The lowest BCUT2D eigenvalue weighted by molar-refractivity contribution is -0.134. The molecule has 2 heterocycles.